The average molecular weight is 548 g/mol. The van der Waals surface area contributed by atoms with Crippen LogP contribution in [0, 0.1) is 0 Å². The summed E-state index contributed by atoms with van der Waals surface area (Å²) in [5.41, 5.74) is 13.7. The molecule has 5 rings (SSSR count). The predicted octanol–water partition coefficient (Wildman–Crippen LogP) is 1.91. The van der Waals surface area contributed by atoms with Crippen molar-refractivity contribution in [2.45, 2.75) is 106 Å². The van der Waals surface area contributed by atoms with Gasteiger partial charge < -0.3 is 24.8 Å². The molecular weight excluding hydrogens is 510 g/mol. The Morgan fingerprint density at radius 2 is 1.03 bits per heavy atom. The summed E-state index contributed by atoms with van der Waals surface area (Å²) in [5.74, 6) is 0. The molecule has 0 bridgehead atoms. The van der Waals surface area contributed by atoms with Crippen molar-refractivity contribution < 1.29 is 49.5 Å². The maximum Gasteiger partial charge on any atom is -1.00 e. The van der Waals surface area contributed by atoms with Gasteiger partial charge in [0.25, 0.3) is 0 Å². The van der Waals surface area contributed by atoms with Gasteiger partial charge in [0, 0.05) is 0 Å². The molecule has 1 unspecified atom stereocenters. The molecule has 1 atom stereocenters. The second-order valence-electron chi connectivity index (χ2n) is 12.9. The van der Waals surface area contributed by atoms with E-state index in [2.05, 4.69) is 79.7 Å². The summed E-state index contributed by atoms with van der Waals surface area (Å²) < 4.78 is 0.794. The van der Waals surface area contributed by atoms with Gasteiger partial charge in [-0.2, -0.15) is 0 Å². The molecule has 0 saturated carbocycles. The van der Waals surface area contributed by atoms with Crippen LogP contribution >= 0.6 is 0 Å². The fourth-order valence-corrected chi connectivity index (χ4v) is 8.10. The van der Waals surface area contributed by atoms with Crippen molar-refractivity contribution >= 4 is 0 Å². The minimum Gasteiger partial charge on any atom is -1.00 e. The van der Waals surface area contributed by atoms with Gasteiger partial charge in [0.1, 0.15) is 0 Å². The van der Waals surface area contributed by atoms with E-state index in [1.807, 2.05) is 0 Å². The van der Waals surface area contributed by atoms with Crippen LogP contribution in [0.1, 0.15) is 108 Å². The van der Waals surface area contributed by atoms with E-state index in [4.69, 9.17) is 0 Å². The smallest absolute Gasteiger partial charge is 1.00 e. The number of halogens is 2. The average Bonchev–Trinajstić information content (AvgIpc) is 2.99. The third kappa shape index (κ3) is 3.72. The van der Waals surface area contributed by atoms with E-state index in [-0.39, 0.29) is 46.5 Å². The summed E-state index contributed by atoms with van der Waals surface area (Å²) in [4.78, 5) is 0. The van der Waals surface area contributed by atoms with E-state index in [1.54, 1.807) is 58.1 Å². The van der Waals surface area contributed by atoms with Crippen LogP contribution in [0.2, 0.25) is 3.63 Å². The molecule has 0 fully saturated rings. The molecule has 32 heavy (non-hydrogen) atoms. The molecule has 3 aliphatic carbocycles. The SMILES string of the molecule is CC1(C)CCC(C)(C)c2cc3c(cc21)Cc1cc2c(cc1-3)C(C)(C)C[CH]([Zr+2])C2(C)C.[Cl-].[Cl-]. The third-order valence-electron chi connectivity index (χ3n) is 9.00. The van der Waals surface area contributed by atoms with Crippen molar-refractivity contribution in [3.63, 3.8) is 0 Å². The molecule has 171 valence electrons. The molecule has 0 aliphatic heterocycles. The molecule has 3 heteroatoms. The first-order chi connectivity index (χ1) is 13.7. The Bertz CT molecular complexity index is 1080. The zero-order valence-electron chi connectivity index (χ0n) is 21.0. The molecule has 2 aromatic carbocycles. The van der Waals surface area contributed by atoms with Gasteiger partial charge in [-0.1, -0.05) is 0 Å². The Kier molecular flexibility index (Phi) is 6.60. The molecule has 0 spiro atoms. The number of rotatable bonds is 0. The van der Waals surface area contributed by atoms with Crippen LogP contribution in [0.5, 0.6) is 0 Å². The molecular formula is C29H37Cl2Zr. The van der Waals surface area contributed by atoms with Gasteiger partial charge in [-0.15, -0.1) is 0 Å². The number of benzene rings is 2. The summed E-state index contributed by atoms with van der Waals surface area (Å²) >= 11 is 1.69. The Morgan fingerprint density at radius 3 is 1.53 bits per heavy atom. The Morgan fingerprint density at radius 1 is 0.625 bits per heavy atom. The Balaban J connectivity index is 0.00000144. The van der Waals surface area contributed by atoms with Crippen LogP contribution in [-0.4, -0.2) is 0 Å². The molecule has 0 N–H and O–H groups in total. The molecule has 0 saturated heterocycles. The largest absolute Gasteiger partial charge is 1.00 e. The monoisotopic (exact) mass is 545 g/mol. The summed E-state index contributed by atoms with van der Waals surface area (Å²) in [5, 5.41) is 0. The topological polar surface area (TPSA) is 0 Å². The van der Waals surface area contributed by atoms with Crippen LogP contribution in [-0.2, 0) is 52.8 Å². The molecule has 0 nitrogen and oxygen atoms in total. The molecule has 0 heterocycles. The fraction of sp³-hybridized carbons (Fsp3) is 0.586. The maximum absolute atomic E-state index is 2.61. The minimum absolute atomic E-state index is 0. The molecule has 3 aliphatic rings. The standard InChI is InChI=1S/C29H37.2ClH.Zr/c1-26(2)9-11-28(5,6)24-16-20-18(14-22(24)26)13-19-15-23-25(17-21(19)20)29(7,8)12-10-27(23,3)4;;;/h9,14-17H,10-13H2,1-8H3;2*1H;/q;;;+2/p-2. The van der Waals surface area contributed by atoms with Crippen LogP contribution in [0.25, 0.3) is 11.1 Å². The quantitative estimate of drug-likeness (QED) is 0.404. The summed E-state index contributed by atoms with van der Waals surface area (Å²) in [6.07, 6.45) is 4.99. The number of fused-ring (bicyclic) bond motifs is 5. The van der Waals surface area contributed by atoms with E-state index in [9.17, 15) is 0 Å². The third-order valence-corrected chi connectivity index (χ3v) is 11.3. The van der Waals surface area contributed by atoms with Gasteiger partial charge in [-0.3, -0.25) is 0 Å². The number of hydrogen-bond acceptors (Lipinski definition) is 0. The zero-order chi connectivity index (χ0) is 21.9. The van der Waals surface area contributed by atoms with E-state index in [1.165, 1.54) is 30.4 Å². The van der Waals surface area contributed by atoms with Crippen molar-refractivity contribution in [2.24, 2.45) is 0 Å². The molecule has 2 aromatic rings. The van der Waals surface area contributed by atoms with E-state index in [0.717, 1.165) is 10.0 Å². The summed E-state index contributed by atoms with van der Waals surface area (Å²) in [6, 6.07) is 10.4. The van der Waals surface area contributed by atoms with Crippen LogP contribution < -0.4 is 24.8 Å². The number of hydrogen-bond donors (Lipinski definition) is 0. The zero-order valence-corrected chi connectivity index (χ0v) is 24.9. The van der Waals surface area contributed by atoms with Gasteiger partial charge in [0.2, 0.25) is 0 Å². The first kappa shape index (κ1) is 26.5. The van der Waals surface area contributed by atoms with Crippen molar-refractivity contribution in [1.29, 1.82) is 0 Å². The maximum atomic E-state index is 2.61. The van der Waals surface area contributed by atoms with E-state index in [0.29, 0.717) is 0 Å². The van der Waals surface area contributed by atoms with Gasteiger partial charge in [0.05, 0.1) is 0 Å². The summed E-state index contributed by atoms with van der Waals surface area (Å²) in [6.45, 7) is 19.7. The van der Waals surface area contributed by atoms with Crippen LogP contribution in [0.3, 0.4) is 0 Å². The van der Waals surface area contributed by atoms with Gasteiger partial charge in [0.15, 0.2) is 0 Å². The Hall–Kier alpha value is -0.0969. The second-order valence-corrected chi connectivity index (χ2v) is 14.6. The first-order valence-corrected chi connectivity index (χ1v) is 13.2. The fourth-order valence-electron chi connectivity index (χ4n) is 6.46. The first-order valence-electron chi connectivity index (χ1n) is 11.8. The second kappa shape index (κ2) is 7.96. The van der Waals surface area contributed by atoms with E-state index >= 15 is 0 Å². The Labute approximate surface area is 223 Å². The normalized spacial score (nSPS) is 24.8. The summed E-state index contributed by atoms with van der Waals surface area (Å²) in [7, 11) is 0. The predicted molar refractivity (Wildman–Crippen MR) is 124 cm³/mol. The van der Waals surface area contributed by atoms with Crippen LogP contribution in [0.4, 0.5) is 0 Å². The molecule has 0 amide bonds. The van der Waals surface area contributed by atoms with Gasteiger partial charge in [-0.25, -0.2) is 0 Å². The van der Waals surface area contributed by atoms with Crippen LogP contribution in [0.15, 0.2) is 24.3 Å². The molecule has 0 aromatic heterocycles. The van der Waals surface area contributed by atoms with E-state index < -0.39 is 0 Å². The minimum atomic E-state index is 0. The van der Waals surface area contributed by atoms with Gasteiger partial charge >= 0.3 is 200 Å². The van der Waals surface area contributed by atoms with Crippen molar-refractivity contribution in [2.75, 3.05) is 0 Å². The van der Waals surface area contributed by atoms with Crippen molar-refractivity contribution in [3.05, 3.63) is 57.6 Å². The molecule has 0 radical (unpaired) electrons. The van der Waals surface area contributed by atoms with Crippen molar-refractivity contribution in [3.8, 4) is 11.1 Å². The van der Waals surface area contributed by atoms with Crippen molar-refractivity contribution in [1.82, 2.24) is 0 Å². The van der Waals surface area contributed by atoms with Gasteiger partial charge in [-0.05, 0) is 0 Å².